The van der Waals surface area contributed by atoms with Crippen LogP contribution in [0.3, 0.4) is 0 Å². The minimum Gasteiger partial charge on any atom is -0.454 e. The number of halogens is 1. The van der Waals surface area contributed by atoms with E-state index in [1.165, 1.54) is 36.4 Å². The van der Waals surface area contributed by atoms with E-state index >= 15 is 0 Å². The zero-order valence-corrected chi connectivity index (χ0v) is 18.8. The highest BCUT2D eigenvalue weighted by atomic mass is 19.1. The molecule has 1 aliphatic heterocycles. The number of hydrazine groups is 1. The summed E-state index contributed by atoms with van der Waals surface area (Å²) in [6, 6.07) is 17.8. The number of ether oxygens (including phenoxy) is 1. The van der Waals surface area contributed by atoms with Gasteiger partial charge in [0.15, 0.2) is 12.4 Å². The Bertz CT molecular complexity index is 1310. The van der Waals surface area contributed by atoms with E-state index in [0.717, 1.165) is 17.0 Å². The van der Waals surface area contributed by atoms with Gasteiger partial charge in [-0.05, 0) is 60.7 Å². The van der Waals surface area contributed by atoms with Crippen molar-refractivity contribution in [1.82, 2.24) is 10.9 Å². The number of benzene rings is 3. The van der Waals surface area contributed by atoms with Gasteiger partial charge in [-0.15, -0.1) is 0 Å². The second-order valence-corrected chi connectivity index (χ2v) is 7.84. The largest absolute Gasteiger partial charge is 0.454 e. The molecule has 3 amide bonds. The van der Waals surface area contributed by atoms with Gasteiger partial charge in [-0.25, -0.2) is 19.5 Å². The number of carbonyl (C=O) groups is 5. The maximum Gasteiger partial charge on any atom is 0.338 e. The number of anilines is 1. The molecular formula is C26H20FN3O6. The first-order valence-electron chi connectivity index (χ1n) is 10.9. The van der Waals surface area contributed by atoms with Gasteiger partial charge in [0, 0.05) is 11.1 Å². The summed E-state index contributed by atoms with van der Waals surface area (Å²) in [4.78, 5) is 62.7. The van der Waals surface area contributed by atoms with Gasteiger partial charge in [0.2, 0.25) is 5.91 Å². The van der Waals surface area contributed by atoms with Crippen molar-refractivity contribution < 1.29 is 33.1 Å². The summed E-state index contributed by atoms with van der Waals surface area (Å²) in [6.07, 6.45) is -0.163. The highest BCUT2D eigenvalue weighted by molar-refractivity contribution is 6.22. The minimum atomic E-state index is -0.952. The summed E-state index contributed by atoms with van der Waals surface area (Å²) in [6.45, 7) is -0.530. The van der Waals surface area contributed by atoms with E-state index in [1.54, 1.807) is 30.3 Å². The fourth-order valence-corrected chi connectivity index (χ4v) is 3.51. The van der Waals surface area contributed by atoms with Gasteiger partial charge in [0.05, 0.1) is 17.7 Å². The van der Waals surface area contributed by atoms with Gasteiger partial charge < -0.3 is 4.74 Å². The molecule has 1 saturated heterocycles. The third-order valence-electron chi connectivity index (χ3n) is 5.40. The Morgan fingerprint density at radius 2 is 1.50 bits per heavy atom. The Labute approximate surface area is 204 Å². The number of nitrogens with zero attached hydrogens (tertiary/aromatic N) is 1. The lowest BCUT2D eigenvalue weighted by molar-refractivity contribution is -0.121. The molecule has 36 heavy (non-hydrogen) atoms. The number of hydrogen-bond donors (Lipinski definition) is 2. The first kappa shape index (κ1) is 24.4. The Morgan fingerprint density at radius 1 is 0.861 bits per heavy atom. The average molecular weight is 489 g/mol. The number of esters is 1. The number of Topliss-reactive ketones (excluding diaryl/α,β-unsaturated/α-hetero) is 1. The number of carbonyl (C=O) groups excluding carboxylic acids is 5. The van der Waals surface area contributed by atoms with Crippen molar-refractivity contribution in [1.29, 1.82) is 0 Å². The van der Waals surface area contributed by atoms with Crippen molar-refractivity contribution >= 4 is 35.2 Å². The van der Waals surface area contributed by atoms with Gasteiger partial charge in [0.25, 0.3) is 11.8 Å². The highest BCUT2D eigenvalue weighted by Crippen LogP contribution is 2.23. The summed E-state index contributed by atoms with van der Waals surface area (Å²) in [5, 5.41) is 0. The molecule has 3 aromatic carbocycles. The van der Waals surface area contributed by atoms with Crippen LogP contribution in [0.4, 0.5) is 10.1 Å². The van der Waals surface area contributed by atoms with Crippen LogP contribution in [0.15, 0.2) is 78.9 Å². The van der Waals surface area contributed by atoms with E-state index in [4.69, 9.17) is 4.74 Å². The van der Waals surface area contributed by atoms with Crippen LogP contribution < -0.4 is 15.8 Å². The molecule has 1 fully saturated rings. The zero-order valence-electron chi connectivity index (χ0n) is 18.8. The Kier molecular flexibility index (Phi) is 7.26. The fraction of sp³-hybridized carbons (Fsp3) is 0.115. The van der Waals surface area contributed by atoms with Crippen LogP contribution in [-0.2, 0) is 14.3 Å². The quantitative estimate of drug-likeness (QED) is 0.216. The second kappa shape index (κ2) is 10.7. The number of rotatable bonds is 8. The minimum absolute atomic E-state index is 0.106. The number of nitrogens with one attached hydrogen (secondary N) is 2. The predicted molar refractivity (Wildman–Crippen MR) is 125 cm³/mol. The maximum atomic E-state index is 13.0. The molecule has 0 aromatic heterocycles. The molecule has 0 radical (unpaired) electrons. The van der Waals surface area contributed by atoms with Gasteiger partial charge in [-0.1, -0.05) is 18.2 Å². The second-order valence-electron chi connectivity index (χ2n) is 7.84. The Hall–Kier alpha value is -4.70. The molecule has 10 heteroatoms. The molecule has 0 aliphatic carbocycles. The van der Waals surface area contributed by atoms with E-state index in [2.05, 4.69) is 10.9 Å². The third kappa shape index (κ3) is 5.50. The molecule has 1 heterocycles. The smallest absolute Gasteiger partial charge is 0.338 e. The molecule has 4 rings (SSSR count). The van der Waals surface area contributed by atoms with Gasteiger partial charge in [-0.2, -0.15) is 0 Å². The van der Waals surface area contributed by atoms with Crippen molar-refractivity contribution in [3.8, 4) is 0 Å². The molecule has 1 unspecified atom stereocenters. The molecule has 3 aromatic rings. The van der Waals surface area contributed by atoms with E-state index in [9.17, 15) is 28.4 Å². The summed E-state index contributed by atoms with van der Waals surface area (Å²) >= 11 is 0. The molecule has 0 bridgehead atoms. The third-order valence-corrected chi connectivity index (χ3v) is 5.40. The van der Waals surface area contributed by atoms with Crippen molar-refractivity contribution in [3.63, 3.8) is 0 Å². The van der Waals surface area contributed by atoms with E-state index in [-0.39, 0.29) is 23.2 Å². The topological polar surface area (TPSA) is 122 Å². The van der Waals surface area contributed by atoms with Crippen molar-refractivity contribution in [2.24, 2.45) is 0 Å². The van der Waals surface area contributed by atoms with Crippen LogP contribution in [0, 0.1) is 5.82 Å². The Balaban J connectivity index is 1.33. The van der Waals surface area contributed by atoms with E-state index in [0.29, 0.717) is 5.56 Å². The van der Waals surface area contributed by atoms with Gasteiger partial charge in [-0.3, -0.25) is 24.6 Å². The predicted octanol–water partition coefficient (Wildman–Crippen LogP) is 2.43. The monoisotopic (exact) mass is 489 g/mol. The van der Waals surface area contributed by atoms with Crippen LogP contribution >= 0.6 is 0 Å². The lowest BCUT2D eigenvalue weighted by Gasteiger charge is -2.16. The summed E-state index contributed by atoms with van der Waals surface area (Å²) in [5.74, 6) is -3.25. The first-order chi connectivity index (χ1) is 17.3. The van der Waals surface area contributed by atoms with E-state index < -0.39 is 47.9 Å². The van der Waals surface area contributed by atoms with Gasteiger partial charge in [0.1, 0.15) is 11.9 Å². The molecule has 0 saturated carbocycles. The normalized spacial score (nSPS) is 15.0. The van der Waals surface area contributed by atoms with E-state index in [1.807, 2.05) is 0 Å². The van der Waals surface area contributed by atoms with Crippen molar-refractivity contribution in [2.75, 3.05) is 11.5 Å². The van der Waals surface area contributed by atoms with Crippen LogP contribution in [0.5, 0.6) is 0 Å². The van der Waals surface area contributed by atoms with Crippen molar-refractivity contribution in [3.05, 3.63) is 101 Å². The number of hydrogen-bond acceptors (Lipinski definition) is 7. The van der Waals surface area contributed by atoms with Crippen LogP contribution in [-0.4, -0.2) is 42.1 Å². The summed E-state index contributed by atoms with van der Waals surface area (Å²) in [5.41, 5.74) is 5.96. The Morgan fingerprint density at radius 3 is 2.17 bits per heavy atom. The van der Waals surface area contributed by atoms with Crippen LogP contribution in [0.1, 0.15) is 37.5 Å². The molecule has 182 valence electrons. The molecule has 1 atom stereocenters. The maximum absolute atomic E-state index is 13.0. The summed E-state index contributed by atoms with van der Waals surface area (Å²) in [7, 11) is 0. The lowest BCUT2D eigenvalue weighted by Crippen LogP contribution is -2.48. The average Bonchev–Trinajstić information content (AvgIpc) is 3.19. The number of imide groups is 1. The SMILES string of the molecule is O=C(COC(=O)c1ccc(N2C(=O)CC(NNC(=O)c3ccccc3)C2=O)cc1)c1ccc(F)cc1. The molecular weight excluding hydrogens is 469 g/mol. The molecule has 1 aliphatic rings. The van der Waals surface area contributed by atoms with Gasteiger partial charge >= 0.3 is 5.97 Å². The summed E-state index contributed by atoms with van der Waals surface area (Å²) < 4.78 is 18.0. The van der Waals surface area contributed by atoms with Crippen molar-refractivity contribution in [2.45, 2.75) is 12.5 Å². The standard InChI is InChI=1S/C26H20FN3O6/c27-19-10-6-16(7-11-19)22(31)15-36-26(35)18-8-12-20(13-9-18)30-23(32)14-21(25(30)34)28-29-24(33)17-4-2-1-3-5-17/h1-13,21,28H,14-15H2,(H,29,33). The molecule has 0 spiro atoms. The molecule has 9 nitrogen and oxygen atoms in total. The zero-order chi connectivity index (χ0) is 25.7. The van der Waals surface area contributed by atoms with Crippen LogP contribution in [0.2, 0.25) is 0 Å². The fourth-order valence-electron chi connectivity index (χ4n) is 3.51. The first-order valence-corrected chi connectivity index (χ1v) is 10.9. The van der Waals surface area contributed by atoms with Crippen LogP contribution in [0.25, 0.3) is 0 Å². The lowest BCUT2D eigenvalue weighted by atomic mass is 10.1. The number of ketones is 1. The number of amides is 3. The highest BCUT2D eigenvalue weighted by Gasteiger charge is 2.39. The molecule has 2 N–H and O–H groups in total.